The summed E-state index contributed by atoms with van der Waals surface area (Å²) in [7, 11) is 1.60. The zero-order valence-electron chi connectivity index (χ0n) is 21.3. The second-order valence-corrected chi connectivity index (χ2v) is 11.9. The van der Waals surface area contributed by atoms with E-state index in [0.29, 0.717) is 18.5 Å². The largest absolute Gasteiger partial charge is 0.394 e. The first-order valence-electron chi connectivity index (χ1n) is 12.7. The minimum Gasteiger partial charge on any atom is -0.394 e. The Bertz CT molecular complexity index is 980. The monoisotopic (exact) mass is 502 g/mol. The van der Waals surface area contributed by atoms with Crippen LogP contribution in [0.5, 0.6) is 0 Å². The van der Waals surface area contributed by atoms with Crippen molar-refractivity contribution in [1.82, 2.24) is 10.2 Å². The number of amides is 3. The van der Waals surface area contributed by atoms with Gasteiger partial charge >= 0.3 is 0 Å². The van der Waals surface area contributed by atoms with E-state index in [9.17, 15) is 19.5 Å². The Hall–Kier alpha value is -2.26. The maximum atomic E-state index is 13.9. The molecule has 3 N–H and O–H groups in total. The van der Waals surface area contributed by atoms with Crippen molar-refractivity contribution in [2.75, 3.05) is 37.0 Å². The maximum absolute atomic E-state index is 13.9. The van der Waals surface area contributed by atoms with Crippen LogP contribution in [0.2, 0.25) is 0 Å². The average molecular weight is 503 g/mol. The van der Waals surface area contributed by atoms with E-state index in [4.69, 9.17) is 0 Å². The second-order valence-electron chi connectivity index (χ2n) is 10.0. The summed E-state index contributed by atoms with van der Waals surface area (Å²) in [5.74, 6) is -1.66. The van der Waals surface area contributed by atoms with Gasteiger partial charge in [0, 0.05) is 36.3 Å². The van der Waals surface area contributed by atoms with Gasteiger partial charge in [-0.3, -0.25) is 14.4 Å². The van der Waals surface area contributed by atoms with Crippen molar-refractivity contribution in [2.45, 2.75) is 68.5 Å². The molecule has 3 aliphatic rings. The number of aliphatic hydroxyl groups excluding tert-OH is 1. The van der Waals surface area contributed by atoms with Crippen molar-refractivity contribution in [3.8, 4) is 0 Å². The average Bonchev–Trinajstić information content (AvgIpc) is 3.42. The lowest BCUT2D eigenvalue weighted by atomic mass is 9.66. The number of benzene rings is 1. The van der Waals surface area contributed by atoms with Gasteiger partial charge in [-0.25, -0.2) is 0 Å². The molecule has 3 saturated heterocycles. The fraction of sp³-hybridized carbons (Fsp3) is 0.654. The molecule has 3 fully saturated rings. The van der Waals surface area contributed by atoms with Gasteiger partial charge in [0.2, 0.25) is 17.7 Å². The van der Waals surface area contributed by atoms with Gasteiger partial charge in [0.25, 0.3) is 0 Å². The van der Waals surface area contributed by atoms with E-state index < -0.39 is 33.4 Å². The highest BCUT2D eigenvalue weighted by molar-refractivity contribution is 8.02. The number of anilines is 2. The van der Waals surface area contributed by atoms with Crippen LogP contribution in [0.3, 0.4) is 0 Å². The Morgan fingerprint density at radius 1 is 1.17 bits per heavy atom. The Balaban J connectivity index is 1.69. The topological polar surface area (TPSA) is 102 Å². The maximum Gasteiger partial charge on any atom is 0.248 e. The Morgan fingerprint density at radius 2 is 1.83 bits per heavy atom. The van der Waals surface area contributed by atoms with Crippen LogP contribution in [0, 0.1) is 11.8 Å². The molecule has 3 aliphatic heterocycles. The summed E-state index contributed by atoms with van der Waals surface area (Å²) < 4.78 is -1.08. The lowest BCUT2D eigenvalue weighted by molar-refractivity contribution is -0.142. The quantitative estimate of drug-likeness (QED) is 0.480. The Labute approximate surface area is 212 Å². The number of aliphatic hydroxyl groups is 1. The smallest absolute Gasteiger partial charge is 0.248 e. The molecule has 6 atom stereocenters. The van der Waals surface area contributed by atoms with Gasteiger partial charge in [-0.05, 0) is 64.3 Å². The summed E-state index contributed by atoms with van der Waals surface area (Å²) in [6.07, 6.45) is 1.99. The number of thioether (sulfide) groups is 1. The summed E-state index contributed by atoms with van der Waals surface area (Å²) in [6, 6.07) is 6.53. The van der Waals surface area contributed by atoms with Crippen LogP contribution in [0.15, 0.2) is 24.3 Å². The van der Waals surface area contributed by atoms with Crippen LogP contribution in [0.25, 0.3) is 0 Å². The second kappa shape index (κ2) is 9.65. The Morgan fingerprint density at radius 3 is 2.37 bits per heavy atom. The van der Waals surface area contributed by atoms with Crippen molar-refractivity contribution in [1.29, 1.82) is 0 Å². The molecule has 1 aromatic carbocycles. The SMILES string of the molecule is CC[C@@H](CO)N1C(=O)[C@@H]2[C@@H](C(=O)NC)[C@@]3(C)CCC2(S3)C1C(=O)Nc1ccc(N(CC)CC)cc1. The summed E-state index contributed by atoms with van der Waals surface area (Å²) in [5, 5.41) is 15.9. The first kappa shape index (κ1) is 25.8. The third-order valence-electron chi connectivity index (χ3n) is 8.33. The summed E-state index contributed by atoms with van der Waals surface area (Å²) >= 11 is 1.64. The number of carbonyl (C=O) groups is 3. The number of nitrogens with zero attached hydrogens (tertiary/aromatic N) is 2. The van der Waals surface area contributed by atoms with Crippen LogP contribution in [-0.4, -0.2) is 76.0 Å². The number of fused-ring (bicyclic) bond motifs is 1. The molecule has 2 unspecified atom stereocenters. The molecule has 1 spiro atoms. The molecule has 0 saturated carbocycles. The fourth-order valence-electron chi connectivity index (χ4n) is 6.58. The third-order valence-corrected chi connectivity index (χ3v) is 10.3. The number of carbonyl (C=O) groups excluding carboxylic acids is 3. The van der Waals surface area contributed by atoms with E-state index in [2.05, 4.69) is 29.4 Å². The number of hydrogen-bond donors (Lipinski definition) is 3. The molecule has 3 amide bonds. The highest BCUT2D eigenvalue weighted by Gasteiger charge is 2.77. The number of likely N-dealkylation sites (tertiary alicyclic amines) is 1. The zero-order chi connectivity index (χ0) is 25.5. The van der Waals surface area contributed by atoms with Crippen molar-refractivity contribution >= 4 is 40.9 Å². The van der Waals surface area contributed by atoms with Gasteiger partial charge in [-0.2, -0.15) is 0 Å². The van der Waals surface area contributed by atoms with Gasteiger partial charge in [0.1, 0.15) is 6.04 Å². The fourth-order valence-corrected chi connectivity index (χ4v) is 8.92. The van der Waals surface area contributed by atoms with Crippen LogP contribution in [0.1, 0.15) is 47.0 Å². The summed E-state index contributed by atoms with van der Waals surface area (Å²) in [4.78, 5) is 44.6. The minimum atomic E-state index is -0.749. The third kappa shape index (κ3) is 3.91. The van der Waals surface area contributed by atoms with Crippen LogP contribution in [-0.2, 0) is 14.4 Å². The van der Waals surface area contributed by atoms with Gasteiger partial charge in [0.15, 0.2) is 0 Å². The van der Waals surface area contributed by atoms with E-state index in [-0.39, 0.29) is 24.3 Å². The summed E-state index contributed by atoms with van der Waals surface area (Å²) in [5.41, 5.74) is 1.75. The normalized spacial score (nSPS) is 31.9. The summed E-state index contributed by atoms with van der Waals surface area (Å²) in [6.45, 7) is 9.73. The number of nitrogens with one attached hydrogen (secondary N) is 2. The zero-order valence-corrected chi connectivity index (χ0v) is 22.2. The minimum absolute atomic E-state index is 0.148. The first-order valence-corrected chi connectivity index (χ1v) is 13.5. The molecule has 35 heavy (non-hydrogen) atoms. The van der Waals surface area contributed by atoms with Crippen LogP contribution < -0.4 is 15.5 Å². The Kier molecular flexibility index (Phi) is 7.12. The highest BCUT2D eigenvalue weighted by Crippen LogP contribution is 2.71. The lowest BCUT2D eigenvalue weighted by Crippen LogP contribution is -2.54. The van der Waals surface area contributed by atoms with Crippen molar-refractivity contribution in [2.24, 2.45) is 11.8 Å². The molecule has 0 radical (unpaired) electrons. The predicted molar refractivity (Wildman–Crippen MR) is 139 cm³/mol. The first-order chi connectivity index (χ1) is 16.7. The van der Waals surface area contributed by atoms with E-state index >= 15 is 0 Å². The van der Waals surface area contributed by atoms with Crippen molar-refractivity contribution in [3.05, 3.63) is 24.3 Å². The van der Waals surface area contributed by atoms with Gasteiger partial charge < -0.3 is 25.5 Å². The van der Waals surface area contributed by atoms with E-state index in [0.717, 1.165) is 25.2 Å². The van der Waals surface area contributed by atoms with Crippen molar-refractivity contribution in [3.63, 3.8) is 0 Å². The van der Waals surface area contributed by atoms with Crippen molar-refractivity contribution < 1.29 is 19.5 Å². The number of rotatable bonds is 9. The van der Waals surface area contributed by atoms with Crippen LogP contribution >= 0.6 is 11.8 Å². The molecule has 8 nitrogen and oxygen atoms in total. The molecular formula is C26H38N4O4S. The molecule has 0 aromatic heterocycles. The molecule has 2 bridgehead atoms. The molecular weight excluding hydrogens is 464 g/mol. The molecule has 1 aromatic rings. The molecule has 3 heterocycles. The van der Waals surface area contributed by atoms with Gasteiger partial charge in [-0.1, -0.05) is 6.92 Å². The van der Waals surface area contributed by atoms with E-state index in [1.807, 2.05) is 38.1 Å². The lowest BCUT2D eigenvalue weighted by Gasteiger charge is -2.36. The van der Waals surface area contributed by atoms with Crippen LogP contribution in [0.4, 0.5) is 11.4 Å². The predicted octanol–water partition coefficient (Wildman–Crippen LogP) is 2.47. The molecule has 9 heteroatoms. The van der Waals surface area contributed by atoms with E-state index in [1.165, 1.54) is 0 Å². The number of hydrogen-bond acceptors (Lipinski definition) is 6. The van der Waals surface area contributed by atoms with Gasteiger partial charge in [0.05, 0.1) is 29.2 Å². The molecule has 192 valence electrons. The standard InChI is InChI=1S/C26H38N4O4S/c1-6-17(15-31)30-21(23(33)28-16-9-11-18(12-10-16)29(7-2)8-3)26-14-13-25(4,35-26)19(22(32)27-5)20(26)24(30)34/h9-12,17,19-21,31H,6-8,13-15H2,1-5H3,(H,27,32)(H,28,33)/t17-,19-,20-,21?,25+,26?/m0/s1. The highest BCUT2D eigenvalue weighted by atomic mass is 32.2. The molecule has 4 rings (SSSR count). The van der Waals surface area contributed by atoms with Gasteiger partial charge in [-0.15, -0.1) is 11.8 Å². The molecule has 0 aliphatic carbocycles. The van der Waals surface area contributed by atoms with E-state index in [1.54, 1.807) is 23.7 Å².